The summed E-state index contributed by atoms with van der Waals surface area (Å²) in [5.41, 5.74) is 3.82. The predicted octanol–water partition coefficient (Wildman–Crippen LogP) is 8.94. The molecule has 4 aromatic carbocycles. The van der Waals surface area contributed by atoms with Crippen LogP contribution >= 0.6 is 22.7 Å². The number of methoxy groups -OCH3 is 1. The molecule has 1 unspecified atom stereocenters. The van der Waals surface area contributed by atoms with E-state index in [0.29, 0.717) is 0 Å². The zero-order valence-corrected chi connectivity index (χ0v) is 21.0. The number of fused-ring (bicyclic) bond motifs is 8. The number of benzene rings is 4. The first-order chi connectivity index (χ1) is 17.2. The number of ether oxygens (including phenoxy) is 2. The van der Waals surface area contributed by atoms with Crippen LogP contribution < -0.4 is 9.47 Å². The van der Waals surface area contributed by atoms with E-state index in [1.807, 2.05) is 34.8 Å². The summed E-state index contributed by atoms with van der Waals surface area (Å²) in [6, 6.07) is 27.8. The molecule has 4 heteroatoms. The van der Waals surface area contributed by atoms with Gasteiger partial charge in [-0.25, -0.2) is 0 Å². The van der Waals surface area contributed by atoms with Gasteiger partial charge >= 0.3 is 0 Å². The van der Waals surface area contributed by atoms with Crippen LogP contribution in [0.15, 0.2) is 90.3 Å². The lowest BCUT2D eigenvalue weighted by molar-refractivity contribution is 0.164. The summed E-state index contributed by atoms with van der Waals surface area (Å²) in [5, 5.41) is 6.00. The van der Waals surface area contributed by atoms with E-state index in [1.165, 1.54) is 35.8 Å². The van der Waals surface area contributed by atoms with Gasteiger partial charge in [0, 0.05) is 26.8 Å². The Bertz CT molecular complexity index is 1750. The Balaban J connectivity index is 1.55. The SMILES string of the molecule is COc1ccc(C2(c3ccc(C)cc3)C=Cc3c(c4sc5ccsc5c4c4ccccc34)O2)cc1. The van der Waals surface area contributed by atoms with Gasteiger partial charge in [0.1, 0.15) is 11.5 Å². The van der Waals surface area contributed by atoms with Gasteiger partial charge in [0.05, 0.1) is 16.5 Å². The highest BCUT2D eigenvalue weighted by Gasteiger charge is 2.38. The largest absolute Gasteiger partial charge is 0.497 e. The van der Waals surface area contributed by atoms with Crippen molar-refractivity contribution in [2.45, 2.75) is 12.5 Å². The Morgan fingerprint density at radius 3 is 2.26 bits per heavy atom. The predicted molar refractivity (Wildman–Crippen MR) is 149 cm³/mol. The number of aryl methyl sites for hydroxylation is 1. The van der Waals surface area contributed by atoms with Crippen LogP contribution in [0.4, 0.5) is 0 Å². The third-order valence-electron chi connectivity index (χ3n) is 6.98. The molecule has 0 bridgehead atoms. The molecule has 170 valence electrons. The smallest absolute Gasteiger partial charge is 0.178 e. The zero-order valence-electron chi connectivity index (χ0n) is 19.4. The highest BCUT2D eigenvalue weighted by molar-refractivity contribution is 7.32. The second-order valence-electron chi connectivity index (χ2n) is 8.97. The van der Waals surface area contributed by atoms with Gasteiger partial charge < -0.3 is 9.47 Å². The quantitative estimate of drug-likeness (QED) is 0.246. The third-order valence-corrected chi connectivity index (χ3v) is 9.19. The van der Waals surface area contributed by atoms with E-state index in [1.54, 1.807) is 7.11 Å². The van der Waals surface area contributed by atoms with Crippen molar-refractivity contribution in [3.8, 4) is 11.5 Å². The van der Waals surface area contributed by atoms with Crippen LogP contribution in [0.2, 0.25) is 0 Å². The van der Waals surface area contributed by atoms with E-state index >= 15 is 0 Å². The molecule has 0 aliphatic carbocycles. The van der Waals surface area contributed by atoms with Gasteiger partial charge in [0.25, 0.3) is 0 Å². The molecule has 0 saturated heterocycles. The number of rotatable bonds is 3. The second-order valence-corrected chi connectivity index (χ2v) is 10.9. The molecule has 0 spiro atoms. The first-order valence-electron chi connectivity index (χ1n) is 11.6. The fourth-order valence-electron chi connectivity index (χ4n) is 5.19. The third kappa shape index (κ3) is 3.00. The highest BCUT2D eigenvalue weighted by atomic mass is 32.1. The number of hydrogen-bond acceptors (Lipinski definition) is 4. The molecule has 0 radical (unpaired) electrons. The average molecular weight is 491 g/mol. The van der Waals surface area contributed by atoms with E-state index in [-0.39, 0.29) is 0 Å². The van der Waals surface area contributed by atoms with Gasteiger partial charge in [-0.15, -0.1) is 22.7 Å². The van der Waals surface area contributed by atoms with Crippen LogP contribution in [0.3, 0.4) is 0 Å². The fourth-order valence-corrected chi connectivity index (χ4v) is 7.57. The minimum absolute atomic E-state index is 0.736. The minimum atomic E-state index is -0.736. The van der Waals surface area contributed by atoms with Gasteiger partial charge in [-0.1, -0.05) is 66.2 Å². The molecule has 2 aromatic heterocycles. The normalized spacial score (nSPS) is 17.1. The number of hydrogen-bond donors (Lipinski definition) is 0. The fraction of sp³-hybridized carbons (Fsp3) is 0.0968. The van der Waals surface area contributed by atoms with Crippen molar-refractivity contribution in [3.63, 3.8) is 0 Å². The monoisotopic (exact) mass is 490 g/mol. The summed E-state index contributed by atoms with van der Waals surface area (Å²) >= 11 is 3.64. The van der Waals surface area contributed by atoms with Crippen molar-refractivity contribution in [2.24, 2.45) is 0 Å². The lowest BCUT2D eigenvalue weighted by Crippen LogP contribution is -2.34. The molecule has 0 N–H and O–H groups in total. The standard InChI is InChI=1S/C31H22O2S2/c1-19-7-9-20(10-8-19)31(21-11-13-22(32-2)14-12-21)17-15-25-23-5-3-4-6-24(23)27-29-26(16-18-34-29)35-30(27)28(25)33-31/h3-18H,1-2H3. The maximum atomic E-state index is 7.21. The van der Waals surface area contributed by atoms with Crippen LogP contribution in [0, 0.1) is 6.92 Å². The zero-order chi connectivity index (χ0) is 23.6. The van der Waals surface area contributed by atoms with Crippen LogP contribution in [-0.2, 0) is 5.60 Å². The summed E-state index contributed by atoms with van der Waals surface area (Å²) in [5.74, 6) is 1.80. The minimum Gasteiger partial charge on any atom is -0.497 e. The molecule has 7 rings (SSSR count). The summed E-state index contributed by atoms with van der Waals surface area (Å²) in [4.78, 5) is 0. The van der Waals surface area contributed by atoms with Crippen molar-refractivity contribution in [1.29, 1.82) is 0 Å². The Labute approximate surface area is 211 Å². The molecule has 1 aliphatic heterocycles. The molecule has 0 saturated carbocycles. The summed E-state index contributed by atoms with van der Waals surface area (Å²) < 4.78 is 16.5. The maximum Gasteiger partial charge on any atom is 0.178 e. The molecule has 2 nitrogen and oxygen atoms in total. The molecule has 1 atom stereocenters. The number of thiophene rings is 2. The molecule has 35 heavy (non-hydrogen) atoms. The van der Waals surface area contributed by atoms with Crippen molar-refractivity contribution >= 4 is 59.0 Å². The maximum absolute atomic E-state index is 7.21. The van der Waals surface area contributed by atoms with Gasteiger partial charge in [0.2, 0.25) is 0 Å². The molecule has 3 heterocycles. The highest BCUT2D eigenvalue weighted by Crippen LogP contribution is 2.52. The van der Waals surface area contributed by atoms with E-state index < -0.39 is 5.60 Å². The first-order valence-corrected chi connectivity index (χ1v) is 13.3. The summed E-state index contributed by atoms with van der Waals surface area (Å²) in [7, 11) is 1.70. The van der Waals surface area contributed by atoms with Crippen LogP contribution in [0.5, 0.6) is 11.5 Å². The van der Waals surface area contributed by atoms with Crippen molar-refractivity contribution in [1.82, 2.24) is 0 Å². The molecule has 0 amide bonds. The lowest BCUT2D eigenvalue weighted by Gasteiger charge is -2.37. The summed E-state index contributed by atoms with van der Waals surface area (Å²) in [6.07, 6.45) is 4.48. The van der Waals surface area contributed by atoms with Gasteiger partial charge in [-0.05, 0) is 53.4 Å². The Hall–Kier alpha value is -3.60. The molecule has 6 aromatic rings. The molecular formula is C31H22O2S2. The van der Waals surface area contributed by atoms with E-state index in [4.69, 9.17) is 9.47 Å². The van der Waals surface area contributed by atoms with Gasteiger partial charge in [0.15, 0.2) is 5.60 Å². The van der Waals surface area contributed by atoms with E-state index in [0.717, 1.165) is 28.2 Å². The lowest BCUT2D eigenvalue weighted by atomic mass is 9.82. The van der Waals surface area contributed by atoms with Gasteiger partial charge in [-0.2, -0.15) is 0 Å². The van der Waals surface area contributed by atoms with Crippen LogP contribution in [0.1, 0.15) is 22.3 Å². The average Bonchev–Trinajstić information content (AvgIpc) is 3.51. The Kier molecular flexibility index (Phi) is 4.57. The molecule has 0 fully saturated rings. The molecular weight excluding hydrogens is 468 g/mol. The van der Waals surface area contributed by atoms with E-state index in [2.05, 4.69) is 91.2 Å². The van der Waals surface area contributed by atoms with Crippen molar-refractivity contribution in [2.75, 3.05) is 7.11 Å². The Morgan fingerprint density at radius 1 is 0.800 bits per heavy atom. The van der Waals surface area contributed by atoms with Gasteiger partial charge in [-0.3, -0.25) is 0 Å². The van der Waals surface area contributed by atoms with Crippen molar-refractivity contribution < 1.29 is 9.47 Å². The second kappa shape index (κ2) is 7.70. The first kappa shape index (κ1) is 20.7. The Morgan fingerprint density at radius 2 is 1.51 bits per heavy atom. The summed E-state index contributed by atoms with van der Waals surface area (Å²) in [6.45, 7) is 2.12. The topological polar surface area (TPSA) is 18.5 Å². The van der Waals surface area contributed by atoms with Crippen LogP contribution in [0.25, 0.3) is 36.3 Å². The van der Waals surface area contributed by atoms with Crippen LogP contribution in [-0.4, -0.2) is 7.11 Å². The van der Waals surface area contributed by atoms with Crippen molar-refractivity contribution in [3.05, 3.63) is 113 Å². The van der Waals surface area contributed by atoms with E-state index in [9.17, 15) is 0 Å². The molecule has 1 aliphatic rings.